The molecule has 1 fully saturated rings. The molecule has 2 rings (SSSR count). The molecule has 1 unspecified atom stereocenters. The molecule has 0 radical (unpaired) electrons. The maximum absolute atomic E-state index is 5.74. The van der Waals surface area contributed by atoms with E-state index in [0.29, 0.717) is 6.54 Å². The molecule has 15 heavy (non-hydrogen) atoms. The Balaban J connectivity index is 1.80. The maximum atomic E-state index is 5.74. The van der Waals surface area contributed by atoms with Crippen LogP contribution in [0, 0.1) is 5.92 Å². The summed E-state index contributed by atoms with van der Waals surface area (Å²) in [5, 5.41) is 0. The van der Waals surface area contributed by atoms with Crippen molar-refractivity contribution in [3.8, 4) is 0 Å². The monoisotopic (exact) mass is 206 g/mol. The van der Waals surface area contributed by atoms with E-state index in [4.69, 9.17) is 10.5 Å². The number of hydrogen-bond donors (Lipinski definition) is 1. The Kier molecular flexibility index (Phi) is 3.69. The van der Waals surface area contributed by atoms with Crippen molar-refractivity contribution in [1.82, 2.24) is 4.98 Å². The minimum atomic E-state index is -0.0371. The minimum absolute atomic E-state index is 0.0371. The quantitative estimate of drug-likeness (QED) is 0.773. The second-order valence-electron chi connectivity index (χ2n) is 4.08. The predicted molar refractivity (Wildman–Crippen MR) is 59.3 cm³/mol. The lowest BCUT2D eigenvalue weighted by atomic mass is 10.2. The van der Waals surface area contributed by atoms with E-state index in [1.165, 1.54) is 19.3 Å². The van der Waals surface area contributed by atoms with Gasteiger partial charge in [-0.2, -0.15) is 0 Å². The normalized spacial score (nSPS) is 17.7. The fourth-order valence-corrected chi connectivity index (χ4v) is 1.62. The van der Waals surface area contributed by atoms with Crippen molar-refractivity contribution in [3.05, 3.63) is 30.1 Å². The van der Waals surface area contributed by atoms with Crippen molar-refractivity contribution < 1.29 is 4.74 Å². The third kappa shape index (κ3) is 3.29. The number of nitrogens with two attached hydrogens (primary N) is 1. The van der Waals surface area contributed by atoms with Crippen LogP contribution in [0.25, 0.3) is 0 Å². The van der Waals surface area contributed by atoms with Crippen LogP contribution in [0.4, 0.5) is 0 Å². The molecule has 0 aliphatic heterocycles. The first-order chi connectivity index (χ1) is 7.40. The highest BCUT2D eigenvalue weighted by Crippen LogP contribution is 2.32. The first kappa shape index (κ1) is 10.6. The third-order valence-electron chi connectivity index (χ3n) is 2.77. The van der Waals surface area contributed by atoms with Crippen molar-refractivity contribution in [3.63, 3.8) is 0 Å². The number of pyridine rings is 1. The summed E-state index contributed by atoms with van der Waals surface area (Å²) in [5.74, 6) is 0.909. The summed E-state index contributed by atoms with van der Waals surface area (Å²) < 4.78 is 5.74. The van der Waals surface area contributed by atoms with Crippen LogP contribution in [0.3, 0.4) is 0 Å². The van der Waals surface area contributed by atoms with Gasteiger partial charge in [0.1, 0.15) is 6.10 Å². The van der Waals surface area contributed by atoms with E-state index in [2.05, 4.69) is 4.98 Å². The molecule has 1 saturated carbocycles. The summed E-state index contributed by atoms with van der Waals surface area (Å²) in [6.07, 6.45) is 5.66. The topological polar surface area (TPSA) is 48.1 Å². The Morgan fingerprint density at radius 1 is 1.47 bits per heavy atom. The lowest BCUT2D eigenvalue weighted by Crippen LogP contribution is -2.17. The van der Waals surface area contributed by atoms with Gasteiger partial charge in [0.15, 0.2) is 0 Å². The summed E-state index contributed by atoms with van der Waals surface area (Å²) in [5.41, 5.74) is 6.61. The van der Waals surface area contributed by atoms with Crippen LogP contribution in [0.2, 0.25) is 0 Å². The molecule has 1 aliphatic carbocycles. The Morgan fingerprint density at radius 3 is 2.93 bits per heavy atom. The minimum Gasteiger partial charge on any atom is -0.371 e. The van der Waals surface area contributed by atoms with E-state index in [1.54, 1.807) is 6.20 Å². The largest absolute Gasteiger partial charge is 0.371 e. The van der Waals surface area contributed by atoms with E-state index in [-0.39, 0.29) is 6.10 Å². The van der Waals surface area contributed by atoms with E-state index in [9.17, 15) is 0 Å². The third-order valence-corrected chi connectivity index (χ3v) is 2.77. The van der Waals surface area contributed by atoms with E-state index >= 15 is 0 Å². The molecule has 1 aliphatic rings. The van der Waals surface area contributed by atoms with E-state index < -0.39 is 0 Å². The smallest absolute Gasteiger partial charge is 0.112 e. The number of aromatic nitrogens is 1. The maximum Gasteiger partial charge on any atom is 0.112 e. The van der Waals surface area contributed by atoms with E-state index in [0.717, 1.165) is 18.2 Å². The summed E-state index contributed by atoms with van der Waals surface area (Å²) in [6.45, 7) is 1.31. The Bertz CT molecular complexity index is 285. The molecule has 0 aromatic carbocycles. The summed E-state index contributed by atoms with van der Waals surface area (Å²) in [6, 6.07) is 5.84. The van der Waals surface area contributed by atoms with Crippen LogP contribution >= 0.6 is 0 Å². The lowest BCUT2D eigenvalue weighted by Gasteiger charge is -2.15. The standard InChI is InChI=1S/C12H18N2O/c13-9-12(11-3-1-2-7-14-11)15-8-6-10-4-5-10/h1-3,7,10,12H,4-6,8-9,13H2. The van der Waals surface area contributed by atoms with Gasteiger partial charge in [-0.25, -0.2) is 0 Å². The molecule has 82 valence electrons. The molecule has 3 heteroatoms. The molecule has 1 aromatic rings. The Morgan fingerprint density at radius 2 is 2.33 bits per heavy atom. The molecular weight excluding hydrogens is 188 g/mol. The molecule has 0 spiro atoms. The SMILES string of the molecule is NCC(OCCC1CC1)c1ccccn1. The van der Waals surface area contributed by atoms with Crippen LogP contribution in [0.1, 0.15) is 31.1 Å². The van der Waals surface area contributed by atoms with Gasteiger partial charge in [0, 0.05) is 19.3 Å². The van der Waals surface area contributed by atoms with Crippen LogP contribution in [0.15, 0.2) is 24.4 Å². The number of rotatable bonds is 6. The first-order valence-corrected chi connectivity index (χ1v) is 5.62. The lowest BCUT2D eigenvalue weighted by molar-refractivity contribution is 0.0517. The second-order valence-corrected chi connectivity index (χ2v) is 4.08. The number of ether oxygens (including phenoxy) is 1. The van der Waals surface area contributed by atoms with Crippen molar-refractivity contribution in [2.45, 2.75) is 25.4 Å². The molecule has 1 aromatic heterocycles. The molecule has 3 nitrogen and oxygen atoms in total. The molecule has 1 atom stereocenters. The fourth-order valence-electron chi connectivity index (χ4n) is 1.62. The van der Waals surface area contributed by atoms with E-state index in [1.807, 2.05) is 18.2 Å². The van der Waals surface area contributed by atoms with Gasteiger partial charge in [-0.15, -0.1) is 0 Å². The molecule has 0 saturated heterocycles. The van der Waals surface area contributed by atoms with Gasteiger partial charge in [-0.05, 0) is 24.5 Å². The molecular formula is C12H18N2O. The zero-order valence-electron chi connectivity index (χ0n) is 8.93. The van der Waals surface area contributed by atoms with Gasteiger partial charge in [-0.3, -0.25) is 4.98 Å². The summed E-state index contributed by atoms with van der Waals surface area (Å²) in [7, 11) is 0. The average molecular weight is 206 g/mol. The van der Waals surface area contributed by atoms with Crippen molar-refractivity contribution in [1.29, 1.82) is 0 Å². The highest BCUT2D eigenvalue weighted by molar-refractivity contribution is 5.07. The number of nitrogens with zero attached hydrogens (tertiary/aromatic N) is 1. The van der Waals surface area contributed by atoms with Gasteiger partial charge in [0.25, 0.3) is 0 Å². The number of hydrogen-bond acceptors (Lipinski definition) is 3. The van der Waals surface area contributed by atoms with Gasteiger partial charge in [0.05, 0.1) is 5.69 Å². The summed E-state index contributed by atoms with van der Waals surface area (Å²) in [4.78, 5) is 4.26. The average Bonchev–Trinajstić information content (AvgIpc) is 3.10. The van der Waals surface area contributed by atoms with Gasteiger partial charge in [0.2, 0.25) is 0 Å². The molecule has 0 amide bonds. The van der Waals surface area contributed by atoms with Gasteiger partial charge < -0.3 is 10.5 Å². The van der Waals surface area contributed by atoms with Crippen LogP contribution in [0.5, 0.6) is 0 Å². The van der Waals surface area contributed by atoms with Crippen molar-refractivity contribution >= 4 is 0 Å². The second kappa shape index (κ2) is 5.24. The van der Waals surface area contributed by atoms with Crippen molar-refractivity contribution in [2.75, 3.05) is 13.2 Å². The Hall–Kier alpha value is -0.930. The molecule has 1 heterocycles. The van der Waals surface area contributed by atoms with Crippen LogP contribution in [-0.2, 0) is 4.74 Å². The fraction of sp³-hybridized carbons (Fsp3) is 0.583. The highest BCUT2D eigenvalue weighted by Gasteiger charge is 2.21. The van der Waals surface area contributed by atoms with Crippen LogP contribution in [-0.4, -0.2) is 18.1 Å². The first-order valence-electron chi connectivity index (χ1n) is 5.62. The molecule has 2 N–H and O–H groups in total. The zero-order valence-corrected chi connectivity index (χ0v) is 8.93. The Labute approximate surface area is 90.7 Å². The van der Waals surface area contributed by atoms with Crippen LogP contribution < -0.4 is 5.73 Å². The predicted octanol–water partition coefficient (Wildman–Crippen LogP) is 1.90. The molecule has 0 bridgehead atoms. The van der Waals surface area contributed by atoms with Crippen molar-refractivity contribution in [2.24, 2.45) is 11.7 Å². The summed E-state index contributed by atoms with van der Waals surface area (Å²) >= 11 is 0. The zero-order chi connectivity index (χ0) is 10.5. The van der Waals surface area contributed by atoms with Gasteiger partial charge >= 0.3 is 0 Å². The highest BCUT2D eigenvalue weighted by atomic mass is 16.5. The van der Waals surface area contributed by atoms with Gasteiger partial charge in [-0.1, -0.05) is 18.9 Å².